The van der Waals surface area contributed by atoms with E-state index in [2.05, 4.69) is 55.1 Å². The Kier molecular flexibility index (Phi) is 5.61. The first-order valence-corrected chi connectivity index (χ1v) is 8.84. The van der Waals surface area contributed by atoms with E-state index >= 15 is 0 Å². The molecule has 0 N–H and O–H groups in total. The number of likely N-dealkylation sites (tertiary alicyclic amines) is 1. The van der Waals surface area contributed by atoms with Crippen LogP contribution in [0, 0.1) is 0 Å². The molecule has 1 fully saturated rings. The SMILES string of the molecule is COc1ccccc1OC1CN(Cc2cccc([C@@H](C)N(C)C)c2)C1. The van der Waals surface area contributed by atoms with Gasteiger partial charge < -0.3 is 14.4 Å². The highest BCUT2D eigenvalue weighted by atomic mass is 16.5. The van der Waals surface area contributed by atoms with Crippen LogP contribution in [0.2, 0.25) is 0 Å². The molecule has 25 heavy (non-hydrogen) atoms. The monoisotopic (exact) mass is 340 g/mol. The number of rotatable bonds is 7. The third kappa shape index (κ3) is 4.33. The molecule has 0 spiro atoms. The minimum atomic E-state index is 0.236. The van der Waals surface area contributed by atoms with E-state index in [1.165, 1.54) is 11.1 Å². The molecule has 1 aliphatic rings. The number of hydrogen-bond donors (Lipinski definition) is 0. The summed E-state index contributed by atoms with van der Waals surface area (Å²) in [5.41, 5.74) is 2.73. The first kappa shape index (κ1) is 17.8. The van der Waals surface area contributed by atoms with Crippen molar-refractivity contribution in [2.24, 2.45) is 0 Å². The Balaban J connectivity index is 1.53. The summed E-state index contributed by atoms with van der Waals surface area (Å²) >= 11 is 0. The molecule has 2 aromatic carbocycles. The second-order valence-corrected chi connectivity index (χ2v) is 6.97. The van der Waals surface area contributed by atoms with Crippen LogP contribution in [0.4, 0.5) is 0 Å². The molecule has 1 saturated heterocycles. The van der Waals surface area contributed by atoms with Crippen molar-refractivity contribution in [1.29, 1.82) is 0 Å². The molecule has 0 amide bonds. The molecule has 0 radical (unpaired) electrons. The Morgan fingerprint density at radius 2 is 1.80 bits per heavy atom. The Labute approximate surface area is 151 Å². The molecular weight excluding hydrogens is 312 g/mol. The molecule has 0 unspecified atom stereocenters. The second kappa shape index (κ2) is 7.89. The first-order chi connectivity index (χ1) is 12.1. The molecule has 0 aliphatic carbocycles. The molecule has 0 aromatic heterocycles. The zero-order valence-electron chi connectivity index (χ0n) is 15.6. The van der Waals surface area contributed by atoms with Gasteiger partial charge in [0.25, 0.3) is 0 Å². The van der Waals surface area contributed by atoms with E-state index in [1.807, 2.05) is 24.3 Å². The van der Waals surface area contributed by atoms with Crippen molar-refractivity contribution >= 4 is 0 Å². The fourth-order valence-corrected chi connectivity index (χ4v) is 3.13. The highest BCUT2D eigenvalue weighted by molar-refractivity contribution is 5.39. The summed E-state index contributed by atoms with van der Waals surface area (Å²) in [6.07, 6.45) is 0.236. The van der Waals surface area contributed by atoms with Crippen molar-refractivity contribution in [2.45, 2.75) is 25.6 Å². The largest absolute Gasteiger partial charge is 0.493 e. The van der Waals surface area contributed by atoms with Gasteiger partial charge in [-0.15, -0.1) is 0 Å². The zero-order chi connectivity index (χ0) is 17.8. The van der Waals surface area contributed by atoms with Crippen molar-refractivity contribution in [3.63, 3.8) is 0 Å². The predicted molar refractivity (Wildman–Crippen MR) is 101 cm³/mol. The molecule has 1 aliphatic heterocycles. The summed E-state index contributed by atoms with van der Waals surface area (Å²) in [6.45, 7) is 5.11. The lowest BCUT2D eigenvalue weighted by atomic mass is 10.0. The summed E-state index contributed by atoms with van der Waals surface area (Å²) in [5, 5.41) is 0. The highest BCUT2D eigenvalue weighted by Gasteiger charge is 2.29. The van der Waals surface area contributed by atoms with E-state index in [0.717, 1.165) is 31.1 Å². The number of ether oxygens (including phenoxy) is 2. The summed E-state index contributed by atoms with van der Waals surface area (Å²) < 4.78 is 11.4. The fourth-order valence-electron chi connectivity index (χ4n) is 3.13. The smallest absolute Gasteiger partial charge is 0.161 e. The normalized spacial score (nSPS) is 16.5. The van der Waals surface area contributed by atoms with Gasteiger partial charge in [0, 0.05) is 25.7 Å². The van der Waals surface area contributed by atoms with E-state index < -0.39 is 0 Å². The molecule has 0 bridgehead atoms. The third-order valence-corrected chi connectivity index (χ3v) is 4.90. The summed E-state index contributed by atoms with van der Waals surface area (Å²) in [7, 11) is 5.91. The van der Waals surface area contributed by atoms with Crippen LogP contribution in [-0.2, 0) is 6.54 Å². The average molecular weight is 340 g/mol. The highest BCUT2D eigenvalue weighted by Crippen LogP contribution is 2.29. The van der Waals surface area contributed by atoms with Gasteiger partial charge in [0.1, 0.15) is 6.10 Å². The van der Waals surface area contributed by atoms with Crippen LogP contribution in [0.15, 0.2) is 48.5 Å². The summed E-state index contributed by atoms with van der Waals surface area (Å²) in [5.74, 6) is 1.63. The Hall–Kier alpha value is -2.04. The number of benzene rings is 2. The van der Waals surface area contributed by atoms with Crippen molar-refractivity contribution < 1.29 is 9.47 Å². The standard InChI is InChI=1S/C21H28N2O2/c1-16(22(2)3)18-9-7-8-17(12-18)13-23-14-19(15-23)25-21-11-6-5-10-20(21)24-4/h5-12,16,19H,13-15H2,1-4H3/t16-/m1/s1. The molecular formula is C21H28N2O2. The van der Waals surface area contributed by atoms with Crippen LogP contribution in [-0.4, -0.2) is 50.2 Å². The molecule has 0 saturated carbocycles. The number of hydrogen-bond acceptors (Lipinski definition) is 4. The van der Waals surface area contributed by atoms with E-state index in [9.17, 15) is 0 Å². The first-order valence-electron chi connectivity index (χ1n) is 8.84. The van der Waals surface area contributed by atoms with Gasteiger partial charge in [-0.1, -0.05) is 36.4 Å². The molecule has 4 nitrogen and oxygen atoms in total. The molecule has 4 heteroatoms. The molecule has 2 aromatic rings. The third-order valence-electron chi connectivity index (χ3n) is 4.90. The summed E-state index contributed by atoms with van der Waals surface area (Å²) in [6, 6.07) is 17.2. The Morgan fingerprint density at radius 3 is 2.48 bits per heavy atom. The minimum Gasteiger partial charge on any atom is -0.493 e. The molecule has 1 atom stereocenters. The minimum absolute atomic E-state index is 0.236. The average Bonchev–Trinajstić information content (AvgIpc) is 2.59. The predicted octanol–water partition coefficient (Wildman–Crippen LogP) is 3.58. The van der Waals surface area contributed by atoms with Gasteiger partial charge in [-0.25, -0.2) is 0 Å². The van der Waals surface area contributed by atoms with Gasteiger partial charge in [0.15, 0.2) is 11.5 Å². The lowest BCUT2D eigenvalue weighted by Gasteiger charge is -2.39. The van der Waals surface area contributed by atoms with Crippen molar-refractivity contribution in [2.75, 3.05) is 34.3 Å². The quantitative estimate of drug-likeness (QED) is 0.769. The number of methoxy groups -OCH3 is 1. The van der Waals surface area contributed by atoms with Gasteiger partial charge >= 0.3 is 0 Å². The van der Waals surface area contributed by atoms with Crippen LogP contribution in [0.5, 0.6) is 11.5 Å². The zero-order valence-corrected chi connectivity index (χ0v) is 15.6. The van der Waals surface area contributed by atoms with E-state index in [0.29, 0.717) is 6.04 Å². The lowest BCUT2D eigenvalue weighted by Crippen LogP contribution is -2.53. The van der Waals surface area contributed by atoms with E-state index in [4.69, 9.17) is 9.47 Å². The van der Waals surface area contributed by atoms with Gasteiger partial charge in [-0.2, -0.15) is 0 Å². The molecule has 1 heterocycles. The Bertz CT molecular complexity index is 696. The second-order valence-electron chi connectivity index (χ2n) is 6.97. The maximum Gasteiger partial charge on any atom is 0.161 e. The van der Waals surface area contributed by atoms with Gasteiger partial charge in [-0.3, -0.25) is 4.90 Å². The Morgan fingerprint density at radius 1 is 1.08 bits per heavy atom. The van der Waals surface area contributed by atoms with Crippen molar-refractivity contribution in [3.05, 3.63) is 59.7 Å². The van der Waals surface area contributed by atoms with E-state index in [1.54, 1.807) is 7.11 Å². The molecule has 3 rings (SSSR count). The van der Waals surface area contributed by atoms with Gasteiger partial charge in [-0.05, 0) is 44.3 Å². The number of nitrogens with zero attached hydrogens (tertiary/aromatic N) is 2. The number of para-hydroxylation sites is 2. The maximum atomic E-state index is 6.06. The van der Waals surface area contributed by atoms with E-state index in [-0.39, 0.29) is 6.10 Å². The molecule has 134 valence electrons. The van der Waals surface area contributed by atoms with Crippen LogP contribution in [0.25, 0.3) is 0 Å². The van der Waals surface area contributed by atoms with Crippen LogP contribution < -0.4 is 9.47 Å². The maximum absolute atomic E-state index is 6.06. The van der Waals surface area contributed by atoms with Crippen molar-refractivity contribution in [3.8, 4) is 11.5 Å². The van der Waals surface area contributed by atoms with Crippen LogP contribution in [0.1, 0.15) is 24.1 Å². The van der Waals surface area contributed by atoms with Gasteiger partial charge in [0.05, 0.1) is 7.11 Å². The topological polar surface area (TPSA) is 24.9 Å². The fraction of sp³-hybridized carbons (Fsp3) is 0.429. The summed E-state index contributed by atoms with van der Waals surface area (Å²) in [4.78, 5) is 4.65. The van der Waals surface area contributed by atoms with Gasteiger partial charge in [0.2, 0.25) is 0 Å². The van der Waals surface area contributed by atoms with Crippen molar-refractivity contribution in [1.82, 2.24) is 9.80 Å². The lowest BCUT2D eigenvalue weighted by molar-refractivity contribution is 0.0131. The van der Waals surface area contributed by atoms with Crippen LogP contribution >= 0.6 is 0 Å². The van der Waals surface area contributed by atoms with Crippen LogP contribution in [0.3, 0.4) is 0 Å².